The van der Waals surface area contributed by atoms with Crippen LogP contribution in [-0.2, 0) is 6.61 Å². The minimum atomic E-state index is -0.356. The number of hydrogen-bond donors (Lipinski definition) is 1. The van der Waals surface area contributed by atoms with E-state index in [9.17, 15) is 5.11 Å². The second kappa shape index (κ2) is 10.3. The summed E-state index contributed by atoms with van der Waals surface area (Å²) in [6.45, 7) is 6.63. The Kier molecular flexibility index (Phi) is 7.13. The molecule has 0 radical (unpaired) electrons. The molecule has 1 fully saturated rings. The summed E-state index contributed by atoms with van der Waals surface area (Å²) in [6.07, 6.45) is 8.90. The zero-order valence-corrected chi connectivity index (χ0v) is 22.2. The molecule has 1 unspecified atom stereocenters. The summed E-state index contributed by atoms with van der Waals surface area (Å²) < 4.78 is 28.4. The molecule has 1 saturated carbocycles. The highest BCUT2D eigenvalue weighted by atomic mass is 19.1. The van der Waals surface area contributed by atoms with Gasteiger partial charge in [-0.3, -0.25) is 0 Å². The van der Waals surface area contributed by atoms with E-state index in [1.807, 2.05) is 19.1 Å². The van der Waals surface area contributed by atoms with Gasteiger partial charge in [0.1, 0.15) is 29.6 Å². The Balaban J connectivity index is 1.46. The molecule has 2 aromatic carbocycles. The third-order valence-corrected chi connectivity index (χ3v) is 7.80. The molecular weight excluding hydrogens is 467 g/mol. The number of aliphatic hydroxyl groups is 1. The molecule has 0 bridgehead atoms. The van der Waals surface area contributed by atoms with Gasteiger partial charge in [-0.05, 0) is 91.7 Å². The van der Waals surface area contributed by atoms with Crippen LogP contribution in [0, 0.1) is 17.2 Å². The van der Waals surface area contributed by atoms with E-state index < -0.39 is 0 Å². The molecule has 0 saturated heterocycles. The average Bonchev–Trinajstić information content (AvgIpc) is 3.54. The fourth-order valence-corrected chi connectivity index (χ4v) is 5.61. The molecule has 2 aliphatic rings. The Hall–Kier alpha value is -3.12. The van der Waals surface area contributed by atoms with Gasteiger partial charge in [-0.1, -0.05) is 32.1 Å². The van der Waals surface area contributed by atoms with Crippen LogP contribution >= 0.6 is 0 Å². The smallest absolute Gasteiger partial charge is 0.149 e. The molecule has 1 aromatic heterocycles. The Morgan fingerprint density at radius 2 is 1.97 bits per heavy atom. The van der Waals surface area contributed by atoms with E-state index in [1.165, 1.54) is 24.5 Å². The number of ether oxygens (including phenoxy) is 2. The SMILES string of the molecule is COc1ccc(F)c(-n2ncc(COc3cccc([C@@H](CC(C)O)C4CC4)c3)c2C2=CCCC2(C)C)c1. The Labute approximate surface area is 218 Å². The first-order chi connectivity index (χ1) is 17.8. The lowest BCUT2D eigenvalue weighted by Crippen LogP contribution is -2.15. The molecular formula is C31H37FN2O3. The number of nitrogens with zero attached hydrogens (tertiary/aromatic N) is 2. The lowest BCUT2D eigenvalue weighted by Gasteiger charge is -2.24. The zero-order chi connectivity index (χ0) is 26.2. The van der Waals surface area contributed by atoms with Gasteiger partial charge < -0.3 is 14.6 Å². The van der Waals surface area contributed by atoms with Gasteiger partial charge in [0.15, 0.2) is 0 Å². The first-order valence-electron chi connectivity index (χ1n) is 13.3. The van der Waals surface area contributed by atoms with Crippen LogP contribution in [0.15, 0.2) is 54.7 Å². The summed E-state index contributed by atoms with van der Waals surface area (Å²) in [6, 6.07) is 13.0. The van der Waals surface area contributed by atoms with Crippen LogP contribution < -0.4 is 9.47 Å². The number of halogens is 1. The zero-order valence-electron chi connectivity index (χ0n) is 22.2. The molecule has 3 aromatic rings. The van der Waals surface area contributed by atoms with Gasteiger partial charge in [0.05, 0.1) is 25.1 Å². The van der Waals surface area contributed by atoms with Crippen molar-refractivity contribution in [1.29, 1.82) is 0 Å². The largest absolute Gasteiger partial charge is 0.497 e. The summed E-state index contributed by atoms with van der Waals surface area (Å²) in [5.74, 6) is 2.01. The third-order valence-electron chi connectivity index (χ3n) is 7.80. The van der Waals surface area contributed by atoms with Gasteiger partial charge in [-0.25, -0.2) is 9.07 Å². The predicted octanol–water partition coefficient (Wildman–Crippen LogP) is 7.07. The quantitative estimate of drug-likeness (QED) is 0.321. The van der Waals surface area contributed by atoms with E-state index in [1.54, 1.807) is 30.1 Å². The summed E-state index contributed by atoms with van der Waals surface area (Å²) in [4.78, 5) is 0. The van der Waals surface area contributed by atoms with Crippen LogP contribution in [0.2, 0.25) is 0 Å². The van der Waals surface area contributed by atoms with Crippen LogP contribution in [0.5, 0.6) is 11.5 Å². The molecule has 0 spiro atoms. The molecule has 2 atom stereocenters. The number of allylic oxidation sites excluding steroid dienone is 2. The molecule has 5 rings (SSSR count). The van der Waals surface area contributed by atoms with Crippen molar-refractivity contribution in [1.82, 2.24) is 9.78 Å². The van der Waals surface area contributed by atoms with Crippen molar-refractivity contribution in [2.75, 3.05) is 7.11 Å². The first-order valence-corrected chi connectivity index (χ1v) is 13.3. The van der Waals surface area contributed by atoms with Gasteiger partial charge in [0.25, 0.3) is 0 Å². The maximum atomic E-state index is 15.0. The summed E-state index contributed by atoms with van der Waals surface area (Å²) >= 11 is 0. The van der Waals surface area contributed by atoms with Crippen molar-refractivity contribution in [3.8, 4) is 17.2 Å². The topological polar surface area (TPSA) is 56.5 Å². The van der Waals surface area contributed by atoms with Gasteiger partial charge in [0, 0.05) is 11.6 Å². The second-order valence-electron chi connectivity index (χ2n) is 11.2. The molecule has 37 heavy (non-hydrogen) atoms. The van der Waals surface area contributed by atoms with Gasteiger partial charge in [-0.2, -0.15) is 5.10 Å². The highest BCUT2D eigenvalue weighted by Gasteiger charge is 2.34. The van der Waals surface area contributed by atoms with Gasteiger partial charge in [-0.15, -0.1) is 0 Å². The molecule has 1 heterocycles. The minimum absolute atomic E-state index is 0.0553. The average molecular weight is 505 g/mol. The number of benzene rings is 2. The molecule has 2 aliphatic carbocycles. The van der Waals surface area contributed by atoms with Crippen molar-refractivity contribution >= 4 is 5.57 Å². The number of aromatic nitrogens is 2. The molecule has 1 N–H and O–H groups in total. The van der Waals surface area contributed by atoms with Crippen molar-refractivity contribution in [2.24, 2.45) is 11.3 Å². The monoisotopic (exact) mass is 504 g/mol. The standard InChI is InChI=1S/C31H37FN2O3/c1-20(35)15-26(21-10-11-21)22-7-5-8-25(16-22)37-19-23-18-33-34(29-17-24(36-4)12-13-28(29)32)30(23)27-9-6-14-31(27,2)3/h5,7-9,12-13,16-18,20-21,26,35H,6,10-11,14-15,19H2,1-4H3/t20?,26-/m0/s1. The summed E-state index contributed by atoms with van der Waals surface area (Å²) in [5.41, 5.74) is 4.48. The maximum Gasteiger partial charge on any atom is 0.149 e. The number of hydrogen-bond acceptors (Lipinski definition) is 4. The molecule has 0 aliphatic heterocycles. The second-order valence-corrected chi connectivity index (χ2v) is 11.2. The predicted molar refractivity (Wildman–Crippen MR) is 144 cm³/mol. The summed E-state index contributed by atoms with van der Waals surface area (Å²) in [5, 5.41) is 14.7. The van der Waals surface area contributed by atoms with Gasteiger partial charge in [0.2, 0.25) is 0 Å². The van der Waals surface area contributed by atoms with E-state index in [0.29, 0.717) is 29.9 Å². The van der Waals surface area contributed by atoms with Crippen molar-refractivity contribution in [3.63, 3.8) is 0 Å². The van der Waals surface area contributed by atoms with Crippen LogP contribution in [-0.4, -0.2) is 28.1 Å². The van der Waals surface area contributed by atoms with Crippen molar-refractivity contribution in [3.05, 3.63) is 77.4 Å². The van der Waals surface area contributed by atoms with E-state index >= 15 is 4.39 Å². The molecule has 6 heteroatoms. The van der Waals surface area contributed by atoms with Crippen LogP contribution in [0.25, 0.3) is 11.3 Å². The van der Waals surface area contributed by atoms with E-state index in [4.69, 9.17) is 9.47 Å². The van der Waals surface area contributed by atoms with Crippen LogP contribution in [0.4, 0.5) is 4.39 Å². The van der Waals surface area contributed by atoms with Crippen LogP contribution in [0.3, 0.4) is 0 Å². The van der Waals surface area contributed by atoms with Crippen molar-refractivity contribution in [2.45, 2.75) is 71.5 Å². The molecule has 196 valence electrons. The molecule has 0 amide bonds. The van der Waals surface area contributed by atoms with E-state index in [-0.39, 0.29) is 17.3 Å². The Bertz CT molecular complexity index is 1290. The Morgan fingerprint density at radius 1 is 1.16 bits per heavy atom. The number of aliphatic hydroxyl groups excluding tert-OH is 1. The number of methoxy groups -OCH3 is 1. The lowest BCUT2D eigenvalue weighted by molar-refractivity contribution is 0.170. The molecule has 5 nitrogen and oxygen atoms in total. The highest BCUT2D eigenvalue weighted by molar-refractivity contribution is 5.73. The highest BCUT2D eigenvalue weighted by Crippen LogP contribution is 2.47. The maximum absolute atomic E-state index is 15.0. The summed E-state index contributed by atoms with van der Waals surface area (Å²) in [7, 11) is 1.58. The van der Waals surface area contributed by atoms with Crippen molar-refractivity contribution < 1.29 is 19.0 Å². The lowest BCUT2D eigenvalue weighted by atomic mass is 9.83. The third kappa shape index (κ3) is 5.45. The van der Waals surface area contributed by atoms with E-state index in [2.05, 4.69) is 37.2 Å². The van der Waals surface area contributed by atoms with Crippen LogP contribution in [0.1, 0.15) is 75.6 Å². The number of rotatable bonds is 10. The van der Waals surface area contributed by atoms with Gasteiger partial charge >= 0.3 is 0 Å². The fourth-order valence-electron chi connectivity index (χ4n) is 5.61. The fraction of sp³-hybridized carbons (Fsp3) is 0.452. The Morgan fingerprint density at radius 3 is 2.65 bits per heavy atom. The minimum Gasteiger partial charge on any atom is -0.497 e. The van der Waals surface area contributed by atoms with E-state index in [0.717, 1.165) is 41.8 Å². The normalized spacial score (nSPS) is 18.4. The first kappa shape index (κ1) is 25.5.